The zero-order chi connectivity index (χ0) is 27.6. The van der Waals surface area contributed by atoms with Crippen molar-refractivity contribution in [3.8, 4) is 5.75 Å². The minimum atomic E-state index is -0.532. The summed E-state index contributed by atoms with van der Waals surface area (Å²) in [7, 11) is 0. The van der Waals surface area contributed by atoms with Gasteiger partial charge >= 0.3 is 5.97 Å². The van der Waals surface area contributed by atoms with Crippen LogP contribution in [-0.4, -0.2) is 42.2 Å². The van der Waals surface area contributed by atoms with Crippen LogP contribution in [0, 0.1) is 29.6 Å². The molecule has 0 bridgehead atoms. The van der Waals surface area contributed by atoms with Crippen molar-refractivity contribution in [1.29, 1.82) is 0 Å². The van der Waals surface area contributed by atoms with Gasteiger partial charge in [0.05, 0.1) is 18.3 Å². The highest BCUT2D eigenvalue weighted by Crippen LogP contribution is 2.63. The molecule has 3 heterocycles. The summed E-state index contributed by atoms with van der Waals surface area (Å²) in [5.41, 5.74) is 3.63. The second-order valence-electron chi connectivity index (χ2n) is 13.0. The van der Waals surface area contributed by atoms with Gasteiger partial charge in [0.15, 0.2) is 11.9 Å². The van der Waals surface area contributed by atoms with Crippen LogP contribution in [0.4, 0.5) is 0 Å². The summed E-state index contributed by atoms with van der Waals surface area (Å²) < 4.78 is 24.6. The summed E-state index contributed by atoms with van der Waals surface area (Å²) in [6.07, 6.45) is 6.74. The average Bonchev–Trinajstić information content (AvgIpc) is 3.23. The number of allylic oxidation sites excluding steroid dienone is 2. The number of hydrogen-bond donors (Lipinski definition) is 0. The number of fused-ring (bicyclic) bond motifs is 4. The van der Waals surface area contributed by atoms with Crippen molar-refractivity contribution in [3.05, 3.63) is 59.8 Å². The number of aromatic nitrogens is 1. The molecular formula is C33H41NO5. The Morgan fingerprint density at radius 1 is 1.13 bits per heavy atom. The summed E-state index contributed by atoms with van der Waals surface area (Å²) in [6, 6.07) is 9.93. The zero-order valence-electron chi connectivity index (χ0n) is 23.9. The second kappa shape index (κ2) is 9.45. The highest BCUT2D eigenvalue weighted by atomic mass is 16.7. The van der Waals surface area contributed by atoms with Gasteiger partial charge in [-0.3, -0.25) is 0 Å². The molecule has 1 aromatic heterocycles. The van der Waals surface area contributed by atoms with E-state index in [1.807, 2.05) is 51.1 Å². The standard InChI is InChI=1S/C33H41NO5/c1-20-10-15-27-32(5,17-16-28-33(27,6)19-37-31(3,4)39-28)24(20)14-13-23-26(18-36-30(23)35)38-25-9-7-8-22-12-11-21(2)34-29(22)25/h7-9,11-13,24,26-28H,1,10,14-19H2,2-6H3/b23-13+/t24-,26-,27+,28-,32+,33+/m1/s1. The molecule has 2 aliphatic carbocycles. The Labute approximate surface area is 231 Å². The van der Waals surface area contributed by atoms with E-state index in [-0.39, 0.29) is 35.4 Å². The molecule has 0 radical (unpaired) electrons. The van der Waals surface area contributed by atoms with Crippen LogP contribution in [0.25, 0.3) is 10.9 Å². The lowest BCUT2D eigenvalue weighted by molar-refractivity contribution is -0.344. The number of carbonyl (C=O) groups excluding carboxylic acids is 1. The maximum absolute atomic E-state index is 12.9. The number of rotatable bonds is 4. The van der Waals surface area contributed by atoms with E-state index in [1.165, 1.54) is 5.57 Å². The third-order valence-corrected chi connectivity index (χ3v) is 10.1. The van der Waals surface area contributed by atoms with Gasteiger partial charge in [0.25, 0.3) is 0 Å². The first-order valence-electron chi connectivity index (χ1n) is 14.4. The average molecular weight is 532 g/mol. The first-order chi connectivity index (χ1) is 18.5. The molecule has 6 heteroatoms. The molecule has 4 fully saturated rings. The fourth-order valence-corrected chi connectivity index (χ4v) is 7.98. The normalized spacial score (nSPS) is 36.9. The number of ether oxygens (including phenoxy) is 4. The summed E-state index contributed by atoms with van der Waals surface area (Å²) in [5, 5.41) is 1.01. The molecule has 0 amide bonds. The predicted octanol–water partition coefficient (Wildman–Crippen LogP) is 6.70. The molecule has 39 heavy (non-hydrogen) atoms. The van der Waals surface area contributed by atoms with Gasteiger partial charge in [-0.2, -0.15) is 0 Å². The van der Waals surface area contributed by atoms with Gasteiger partial charge < -0.3 is 18.9 Å². The van der Waals surface area contributed by atoms with E-state index < -0.39 is 11.9 Å². The molecule has 6 atom stereocenters. The molecule has 2 saturated carbocycles. The molecule has 1 aromatic carbocycles. The molecule has 0 spiro atoms. The maximum atomic E-state index is 12.9. The van der Waals surface area contributed by atoms with Crippen molar-refractivity contribution >= 4 is 16.9 Å². The van der Waals surface area contributed by atoms with Crippen molar-refractivity contribution in [1.82, 2.24) is 4.98 Å². The van der Waals surface area contributed by atoms with Crippen LogP contribution in [0.2, 0.25) is 0 Å². The fraction of sp³-hybridized carbons (Fsp3) is 0.576. The molecule has 6 nitrogen and oxygen atoms in total. The van der Waals surface area contributed by atoms with Gasteiger partial charge in [-0.05, 0) is 82.3 Å². The van der Waals surface area contributed by atoms with E-state index in [0.717, 1.165) is 48.7 Å². The third-order valence-electron chi connectivity index (χ3n) is 10.1. The van der Waals surface area contributed by atoms with Gasteiger partial charge in [0, 0.05) is 16.5 Å². The summed E-state index contributed by atoms with van der Waals surface area (Å²) in [6.45, 7) is 16.2. The van der Waals surface area contributed by atoms with Crippen molar-refractivity contribution in [2.24, 2.45) is 22.7 Å². The lowest BCUT2D eigenvalue weighted by Crippen LogP contribution is -2.62. The van der Waals surface area contributed by atoms with Crippen LogP contribution in [0.3, 0.4) is 0 Å². The smallest absolute Gasteiger partial charge is 0.337 e. The van der Waals surface area contributed by atoms with E-state index in [0.29, 0.717) is 23.8 Å². The van der Waals surface area contributed by atoms with Crippen molar-refractivity contribution in [2.45, 2.75) is 84.7 Å². The quantitative estimate of drug-likeness (QED) is 0.248. The Morgan fingerprint density at radius 3 is 2.77 bits per heavy atom. The van der Waals surface area contributed by atoms with Crippen LogP contribution < -0.4 is 4.74 Å². The number of pyridine rings is 1. The lowest BCUT2D eigenvalue weighted by Gasteiger charge is -2.63. The highest BCUT2D eigenvalue weighted by Gasteiger charge is 2.60. The minimum Gasteiger partial charge on any atom is -0.480 e. The molecule has 0 unspecified atom stereocenters. The highest BCUT2D eigenvalue weighted by molar-refractivity contribution is 5.92. The second-order valence-corrected chi connectivity index (χ2v) is 13.0. The maximum Gasteiger partial charge on any atom is 0.337 e. The van der Waals surface area contributed by atoms with Crippen LogP contribution in [0.1, 0.15) is 65.5 Å². The van der Waals surface area contributed by atoms with Gasteiger partial charge in [-0.25, -0.2) is 9.78 Å². The molecule has 2 aliphatic heterocycles. The topological polar surface area (TPSA) is 66.9 Å². The van der Waals surface area contributed by atoms with E-state index in [2.05, 4.69) is 26.5 Å². The van der Waals surface area contributed by atoms with Crippen molar-refractivity contribution in [2.75, 3.05) is 13.2 Å². The number of cyclic esters (lactones) is 1. The van der Waals surface area contributed by atoms with E-state index in [1.54, 1.807) is 0 Å². The Balaban J connectivity index is 1.25. The van der Waals surface area contributed by atoms with E-state index >= 15 is 0 Å². The Bertz CT molecular complexity index is 1350. The molecule has 0 N–H and O–H groups in total. The van der Waals surface area contributed by atoms with Gasteiger partial charge in [-0.1, -0.05) is 50.3 Å². The van der Waals surface area contributed by atoms with E-state index in [9.17, 15) is 4.79 Å². The van der Waals surface area contributed by atoms with Crippen LogP contribution in [-0.2, 0) is 19.0 Å². The van der Waals surface area contributed by atoms with Crippen LogP contribution >= 0.6 is 0 Å². The number of nitrogens with zero attached hydrogens (tertiary/aromatic N) is 1. The lowest BCUT2D eigenvalue weighted by atomic mass is 9.46. The molecule has 2 aromatic rings. The van der Waals surface area contributed by atoms with Gasteiger partial charge in [-0.15, -0.1) is 0 Å². The number of para-hydroxylation sites is 1. The van der Waals surface area contributed by atoms with Crippen molar-refractivity contribution < 1.29 is 23.7 Å². The SMILES string of the molecule is C=C1CC[C@@H]2[C@]3(C)COC(C)(C)O[C@@H]3CC[C@@]2(C)[C@@H]1C/C=C1/C(=O)OC[C@H]1Oc1cccc2ccc(C)nc12. The minimum absolute atomic E-state index is 0.0357. The van der Waals surface area contributed by atoms with Gasteiger partial charge in [0.2, 0.25) is 0 Å². The molecule has 4 aliphatic rings. The van der Waals surface area contributed by atoms with Crippen molar-refractivity contribution in [3.63, 3.8) is 0 Å². The number of carbonyl (C=O) groups is 1. The fourth-order valence-electron chi connectivity index (χ4n) is 7.98. The summed E-state index contributed by atoms with van der Waals surface area (Å²) >= 11 is 0. The summed E-state index contributed by atoms with van der Waals surface area (Å²) in [4.78, 5) is 17.6. The molecule has 208 valence electrons. The Kier molecular flexibility index (Phi) is 6.42. The zero-order valence-corrected chi connectivity index (χ0v) is 23.9. The first-order valence-corrected chi connectivity index (χ1v) is 14.4. The molecule has 2 saturated heterocycles. The predicted molar refractivity (Wildman–Crippen MR) is 150 cm³/mol. The first kappa shape index (κ1) is 26.5. The largest absolute Gasteiger partial charge is 0.480 e. The summed E-state index contributed by atoms with van der Waals surface area (Å²) in [5.74, 6) is 0.579. The molecular weight excluding hydrogens is 490 g/mol. The third kappa shape index (κ3) is 4.50. The molecule has 6 rings (SSSR count). The number of esters is 1. The Hall–Kier alpha value is -2.70. The monoisotopic (exact) mass is 531 g/mol. The van der Waals surface area contributed by atoms with Crippen LogP contribution in [0.15, 0.2) is 54.1 Å². The Morgan fingerprint density at radius 2 is 1.95 bits per heavy atom. The number of hydrogen-bond acceptors (Lipinski definition) is 6. The van der Waals surface area contributed by atoms with E-state index in [4.69, 9.17) is 23.9 Å². The van der Waals surface area contributed by atoms with Gasteiger partial charge in [0.1, 0.15) is 17.9 Å². The number of aryl methyl sites for hydroxylation is 1. The number of benzene rings is 1. The van der Waals surface area contributed by atoms with Crippen LogP contribution in [0.5, 0.6) is 5.75 Å².